The lowest BCUT2D eigenvalue weighted by Crippen LogP contribution is -2.49. The second kappa shape index (κ2) is 12.3. The summed E-state index contributed by atoms with van der Waals surface area (Å²) in [6, 6.07) is 7.07. The first-order valence-electron chi connectivity index (χ1n) is 11.3. The van der Waals surface area contributed by atoms with Crippen molar-refractivity contribution in [3.8, 4) is 5.75 Å². The van der Waals surface area contributed by atoms with Crippen molar-refractivity contribution in [1.82, 2.24) is 5.32 Å². The molecule has 0 aliphatic heterocycles. The van der Waals surface area contributed by atoms with Crippen LogP contribution in [0, 0.1) is 42.1 Å². The number of nitrogens with one attached hydrogen (secondary N) is 1. The van der Waals surface area contributed by atoms with Gasteiger partial charge in [-0.05, 0) is 12.8 Å². The van der Waals surface area contributed by atoms with Crippen molar-refractivity contribution in [1.29, 1.82) is 0 Å². The summed E-state index contributed by atoms with van der Waals surface area (Å²) in [6.07, 6.45) is -0.821. The van der Waals surface area contributed by atoms with Crippen LogP contribution in [0.2, 0.25) is 0 Å². The summed E-state index contributed by atoms with van der Waals surface area (Å²) in [6.45, 7) is 5.15. The van der Waals surface area contributed by atoms with Gasteiger partial charge in [0.2, 0.25) is 11.7 Å². The molecule has 0 radical (unpaired) electrons. The molecule has 0 aliphatic carbocycles. The highest BCUT2D eigenvalue weighted by Gasteiger charge is 2.36. The molecule has 2 N–H and O–H groups in total. The van der Waals surface area contributed by atoms with E-state index >= 15 is 0 Å². The fourth-order valence-corrected chi connectivity index (χ4v) is 3.90. The first-order valence-corrected chi connectivity index (χ1v) is 11.3. The molecule has 2 aromatic rings. The van der Waals surface area contributed by atoms with Gasteiger partial charge in [0.15, 0.2) is 23.1 Å². The molecular weight excluding hydrogens is 479 g/mol. The van der Waals surface area contributed by atoms with Gasteiger partial charge in [-0.2, -0.15) is 4.39 Å². The molecule has 0 saturated heterocycles. The average Bonchev–Trinajstić information content (AvgIpc) is 2.81. The number of halogens is 3. The molecule has 0 spiro atoms. The molecule has 0 heterocycles. The molecule has 0 fully saturated rings. The molecule has 1 unspecified atom stereocenters. The Morgan fingerprint density at radius 1 is 1.00 bits per heavy atom. The van der Waals surface area contributed by atoms with Crippen LogP contribution in [-0.2, 0) is 14.4 Å². The molecule has 0 aliphatic rings. The number of ether oxygens (including phenoxy) is 1. The van der Waals surface area contributed by atoms with Gasteiger partial charge in [0, 0.05) is 23.1 Å². The van der Waals surface area contributed by atoms with Crippen LogP contribution in [0.1, 0.15) is 43.1 Å². The van der Waals surface area contributed by atoms with Gasteiger partial charge in [-0.1, -0.05) is 51.1 Å². The van der Waals surface area contributed by atoms with Gasteiger partial charge < -0.3 is 15.2 Å². The van der Waals surface area contributed by atoms with Crippen LogP contribution >= 0.6 is 0 Å². The van der Waals surface area contributed by atoms with E-state index in [1.54, 1.807) is 51.1 Å². The number of ketones is 2. The normalized spacial score (nSPS) is 13.6. The molecule has 0 aromatic heterocycles. The summed E-state index contributed by atoms with van der Waals surface area (Å²) in [5, 5.41) is 11.6. The lowest BCUT2D eigenvalue weighted by Gasteiger charge is -2.27. The van der Waals surface area contributed by atoms with Crippen LogP contribution in [0.15, 0.2) is 36.4 Å². The van der Waals surface area contributed by atoms with Crippen molar-refractivity contribution >= 4 is 23.4 Å². The lowest BCUT2D eigenvalue weighted by atomic mass is 9.79. The fraction of sp³-hybridized carbons (Fsp3) is 0.385. The topological polar surface area (TPSA) is 110 Å². The molecule has 2 rings (SSSR count). The van der Waals surface area contributed by atoms with Crippen LogP contribution in [0.25, 0.3) is 0 Å². The number of carboxylic acids is 1. The average molecular weight is 508 g/mol. The number of hydrogen-bond donors (Lipinski definition) is 2. The monoisotopic (exact) mass is 507 g/mol. The summed E-state index contributed by atoms with van der Waals surface area (Å²) in [7, 11) is 0. The van der Waals surface area contributed by atoms with Crippen molar-refractivity contribution in [2.45, 2.75) is 40.2 Å². The molecule has 1 amide bonds. The zero-order chi connectivity index (χ0) is 27.2. The van der Waals surface area contributed by atoms with Gasteiger partial charge in [0.1, 0.15) is 18.5 Å². The van der Waals surface area contributed by atoms with Crippen LogP contribution < -0.4 is 10.1 Å². The van der Waals surface area contributed by atoms with E-state index in [2.05, 4.69) is 5.32 Å². The Hall–Kier alpha value is -3.69. The van der Waals surface area contributed by atoms with Crippen molar-refractivity contribution in [3.05, 3.63) is 65.0 Å². The smallest absolute Gasteiger partial charge is 0.305 e. The maximum absolute atomic E-state index is 14.0. The van der Waals surface area contributed by atoms with Crippen molar-refractivity contribution in [2.24, 2.45) is 17.8 Å². The number of amides is 1. The quantitative estimate of drug-likeness (QED) is 0.331. The van der Waals surface area contributed by atoms with E-state index in [0.29, 0.717) is 11.6 Å². The van der Waals surface area contributed by atoms with Gasteiger partial charge in [-0.25, -0.2) is 8.78 Å². The van der Waals surface area contributed by atoms with Crippen molar-refractivity contribution < 1.29 is 42.2 Å². The Kier molecular flexibility index (Phi) is 9.77. The van der Waals surface area contributed by atoms with Gasteiger partial charge in [-0.3, -0.25) is 19.2 Å². The highest BCUT2D eigenvalue weighted by molar-refractivity contribution is 6.01. The van der Waals surface area contributed by atoms with E-state index < -0.39 is 71.8 Å². The van der Waals surface area contributed by atoms with E-state index in [1.165, 1.54) is 0 Å². The number of rotatable bonds is 12. The summed E-state index contributed by atoms with van der Waals surface area (Å²) in [4.78, 5) is 50.1. The molecule has 7 nitrogen and oxygen atoms in total. The molecular formula is C26H28F3NO6. The lowest BCUT2D eigenvalue weighted by molar-refractivity contribution is -0.141. The number of Topliss-reactive ketones (excluding diaryl/α,β-unsaturated/α-hetero) is 2. The number of carboxylic acid groups (broad SMARTS) is 1. The van der Waals surface area contributed by atoms with Gasteiger partial charge in [-0.15, -0.1) is 0 Å². The number of hydrogen-bond acceptors (Lipinski definition) is 5. The molecule has 36 heavy (non-hydrogen) atoms. The van der Waals surface area contributed by atoms with Crippen LogP contribution in [0.4, 0.5) is 13.2 Å². The Bertz CT molecular complexity index is 1110. The van der Waals surface area contributed by atoms with E-state index in [1.807, 2.05) is 0 Å². The molecule has 3 atom stereocenters. The third-order valence-corrected chi connectivity index (χ3v) is 5.84. The van der Waals surface area contributed by atoms with Gasteiger partial charge >= 0.3 is 5.97 Å². The highest BCUT2D eigenvalue weighted by Crippen LogP contribution is 2.28. The van der Waals surface area contributed by atoms with E-state index in [4.69, 9.17) is 4.74 Å². The number of benzene rings is 2. The molecule has 0 bridgehead atoms. The first-order chi connectivity index (χ1) is 16.8. The zero-order valence-corrected chi connectivity index (χ0v) is 20.3. The molecule has 194 valence electrons. The van der Waals surface area contributed by atoms with Gasteiger partial charge in [0.25, 0.3) is 0 Å². The second-order valence-corrected chi connectivity index (χ2v) is 8.81. The van der Waals surface area contributed by atoms with Crippen LogP contribution in [-0.4, -0.2) is 41.2 Å². The standard InChI is InChI=1S/C26H28F3NO6/c1-13(2)22(15(4)24(34)16-8-6-5-7-9-16)26(35)30-19(11-21(32)33)20(31)12-36-25-14(3)17(27)10-18(28)23(25)29/h5-10,13,15,19,22H,11-12H2,1-4H3,(H,30,35)(H,32,33)/t15?,19-,22+/m0/s1. The third kappa shape index (κ3) is 6.93. The highest BCUT2D eigenvalue weighted by atomic mass is 19.2. The molecule has 2 aromatic carbocycles. The predicted octanol–water partition coefficient (Wildman–Crippen LogP) is 4.11. The number of carbonyl (C=O) groups is 4. The minimum atomic E-state index is -1.59. The minimum absolute atomic E-state index is 0.298. The van der Waals surface area contributed by atoms with Crippen LogP contribution in [0.3, 0.4) is 0 Å². The van der Waals surface area contributed by atoms with E-state index in [-0.39, 0.29) is 17.3 Å². The summed E-state index contributed by atoms with van der Waals surface area (Å²) < 4.78 is 46.3. The predicted molar refractivity (Wildman–Crippen MR) is 124 cm³/mol. The Morgan fingerprint density at radius 3 is 2.17 bits per heavy atom. The third-order valence-electron chi connectivity index (χ3n) is 5.84. The Labute approximate surface area is 206 Å². The fourth-order valence-electron chi connectivity index (χ4n) is 3.90. The maximum Gasteiger partial charge on any atom is 0.305 e. The first kappa shape index (κ1) is 28.5. The Morgan fingerprint density at radius 2 is 1.61 bits per heavy atom. The number of carbonyl (C=O) groups excluding carboxylic acids is 3. The largest absolute Gasteiger partial charge is 0.482 e. The summed E-state index contributed by atoms with van der Waals surface area (Å²) >= 11 is 0. The SMILES string of the molecule is Cc1c(F)cc(F)c(F)c1OCC(=O)[C@H](CC(=O)O)NC(=O)[C@H](C(C)C)C(C)C(=O)c1ccccc1. The van der Waals surface area contributed by atoms with E-state index in [9.17, 15) is 37.5 Å². The van der Waals surface area contributed by atoms with Crippen LogP contribution in [0.5, 0.6) is 5.75 Å². The van der Waals surface area contributed by atoms with E-state index in [0.717, 1.165) is 6.92 Å². The Balaban J connectivity index is 2.21. The zero-order valence-electron chi connectivity index (χ0n) is 20.3. The summed E-state index contributed by atoms with van der Waals surface area (Å²) in [5.74, 6) is -10.4. The molecule has 10 heteroatoms. The summed E-state index contributed by atoms with van der Waals surface area (Å²) in [5.41, 5.74) is 0.0170. The molecule has 0 saturated carbocycles. The van der Waals surface area contributed by atoms with Crippen molar-refractivity contribution in [2.75, 3.05) is 6.61 Å². The minimum Gasteiger partial charge on any atom is -0.482 e. The van der Waals surface area contributed by atoms with Gasteiger partial charge in [0.05, 0.1) is 12.3 Å². The number of aliphatic carboxylic acids is 1. The van der Waals surface area contributed by atoms with Crippen molar-refractivity contribution in [3.63, 3.8) is 0 Å². The second-order valence-electron chi connectivity index (χ2n) is 8.81. The maximum atomic E-state index is 14.0.